The van der Waals surface area contributed by atoms with E-state index in [1.54, 1.807) is 11.6 Å². The third kappa shape index (κ3) is 3.05. The summed E-state index contributed by atoms with van der Waals surface area (Å²) in [6.07, 6.45) is 1.49. The molecule has 3 rings (SSSR count). The fourth-order valence-corrected chi connectivity index (χ4v) is 3.10. The van der Waals surface area contributed by atoms with Crippen LogP contribution in [0.3, 0.4) is 0 Å². The average Bonchev–Trinajstić information content (AvgIpc) is 2.98. The van der Waals surface area contributed by atoms with Crippen LogP contribution in [0, 0.1) is 6.92 Å². The number of carbonyl (C=O) groups excluding carboxylic acids is 1. The van der Waals surface area contributed by atoms with Crippen molar-refractivity contribution >= 4 is 28.8 Å². The number of rotatable bonds is 4. The molecule has 1 atom stereocenters. The molecule has 1 aromatic carbocycles. The molecule has 1 N–H and O–H groups in total. The van der Waals surface area contributed by atoms with Gasteiger partial charge in [0, 0.05) is 0 Å². The van der Waals surface area contributed by atoms with Crippen LogP contribution in [-0.4, -0.2) is 38.1 Å². The fraction of sp³-hybridized carbons (Fsp3) is 0.250. The first-order valence-corrected chi connectivity index (χ1v) is 8.17. The van der Waals surface area contributed by atoms with Crippen molar-refractivity contribution in [3.05, 3.63) is 46.4 Å². The molecule has 0 bridgehead atoms. The number of hydrogen-bond acceptors (Lipinski definition) is 6. The van der Waals surface area contributed by atoms with Crippen molar-refractivity contribution in [3.8, 4) is 5.69 Å². The number of benzene rings is 1. The molecule has 3 aromatic rings. The summed E-state index contributed by atoms with van der Waals surface area (Å²) in [6, 6.07) is 7.75. The molecular weight excluding hydrogens is 328 g/mol. The van der Waals surface area contributed by atoms with Gasteiger partial charge in [0.05, 0.1) is 19.0 Å². The van der Waals surface area contributed by atoms with Crippen LogP contribution in [-0.2, 0) is 9.53 Å². The monoisotopic (exact) mass is 344 g/mol. The predicted octanol–water partition coefficient (Wildman–Crippen LogP) is 2.07. The van der Waals surface area contributed by atoms with Crippen LogP contribution in [0.2, 0.25) is 0 Å². The molecule has 0 saturated heterocycles. The van der Waals surface area contributed by atoms with Gasteiger partial charge >= 0.3 is 5.97 Å². The molecule has 0 fully saturated rings. The van der Waals surface area contributed by atoms with Gasteiger partial charge in [0.15, 0.2) is 10.8 Å². The summed E-state index contributed by atoms with van der Waals surface area (Å²) in [5.74, 6) is -0.380. The lowest BCUT2D eigenvalue weighted by Crippen LogP contribution is -2.17. The number of H-pyrrole nitrogens is 1. The van der Waals surface area contributed by atoms with E-state index >= 15 is 0 Å². The zero-order valence-corrected chi connectivity index (χ0v) is 14.3. The van der Waals surface area contributed by atoms with E-state index in [0.717, 1.165) is 23.0 Å². The van der Waals surface area contributed by atoms with Gasteiger partial charge in [-0.2, -0.15) is 5.10 Å². The molecule has 0 spiro atoms. The van der Waals surface area contributed by atoms with Crippen molar-refractivity contribution in [1.29, 1.82) is 0 Å². The van der Waals surface area contributed by atoms with Crippen LogP contribution in [0.15, 0.2) is 40.4 Å². The standard InChI is InChI=1S/C16H16N4O3S/c1-9-5-4-6-11(7-9)20-13-12(8-17-20)14(21)19-16(18-13)24-10(2)15(22)23-3/h4-8,10H,1-3H3,(H,18,19,21). The molecule has 24 heavy (non-hydrogen) atoms. The average molecular weight is 344 g/mol. The minimum atomic E-state index is -0.481. The highest BCUT2D eigenvalue weighted by Gasteiger charge is 2.18. The van der Waals surface area contributed by atoms with Gasteiger partial charge in [-0.05, 0) is 31.5 Å². The first-order chi connectivity index (χ1) is 11.5. The van der Waals surface area contributed by atoms with Gasteiger partial charge in [0.1, 0.15) is 10.6 Å². The zero-order chi connectivity index (χ0) is 17.3. The number of aromatic amines is 1. The van der Waals surface area contributed by atoms with Gasteiger partial charge in [0.25, 0.3) is 5.56 Å². The van der Waals surface area contributed by atoms with E-state index in [-0.39, 0.29) is 11.5 Å². The predicted molar refractivity (Wildman–Crippen MR) is 91.6 cm³/mol. The molecule has 0 aliphatic heterocycles. The topological polar surface area (TPSA) is 89.9 Å². The molecule has 0 saturated carbocycles. The first-order valence-electron chi connectivity index (χ1n) is 7.29. The van der Waals surface area contributed by atoms with Gasteiger partial charge in [0.2, 0.25) is 0 Å². The van der Waals surface area contributed by atoms with Gasteiger partial charge in [-0.15, -0.1) is 0 Å². The SMILES string of the molecule is COC(=O)C(C)Sc1nc2c(cnn2-c2cccc(C)c2)c(=O)[nH]1. The van der Waals surface area contributed by atoms with Crippen LogP contribution in [0.5, 0.6) is 0 Å². The largest absolute Gasteiger partial charge is 0.468 e. The third-order valence-corrected chi connectivity index (χ3v) is 4.45. The van der Waals surface area contributed by atoms with Gasteiger partial charge in [-0.1, -0.05) is 23.9 Å². The molecule has 2 heterocycles. The van der Waals surface area contributed by atoms with Crippen molar-refractivity contribution in [2.45, 2.75) is 24.3 Å². The number of nitrogens with one attached hydrogen (secondary N) is 1. The maximum Gasteiger partial charge on any atom is 0.318 e. The van der Waals surface area contributed by atoms with E-state index in [9.17, 15) is 9.59 Å². The van der Waals surface area contributed by atoms with E-state index in [2.05, 4.69) is 15.1 Å². The Labute approximate surface area is 142 Å². The molecule has 124 valence electrons. The third-order valence-electron chi connectivity index (χ3n) is 3.48. The number of fused-ring (bicyclic) bond motifs is 1. The highest BCUT2D eigenvalue weighted by atomic mass is 32.2. The molecule has 0 amide bonds. The lowest BCUT2D eigenvalue weighted by molar-refractivity contribution is -0.139. The number of methoxy groups -OCH3 is 1. The van der Waals surface area contributed by atoms with Crippen molar-refractivity contribution in [1.82, 2.24) is 19.7 Å². The van der Waals surface area contributed by atoms with E-state index in [0.29, 0.717) is 16.2 Å². The van der Waals surface area contributed by atoms with Crippen molar-refractivity contribution in [2.75, 3.05) is 7.11 Å². The number of hydrogen-bond donors (Lipinski definition) is 1. The lowest BCUT2D eigenvalue weighted by Gasteiger charge is -2.08. The van der Waals surface area contributed by atoms with Crippen molar-refractivity contribution < 1.29 is 9.53 Å². The second kappa shape index (κ2) is 6.48. The van der Waals surface area contributed by atoms with E-state index in [1.807, 2.05) is 31.2 Å². The summed E-state index contributed by atoms with van der Waals surface area (Å²) in [6.45, 7) is 3.67. The number of nitrogens with zero attached hydrogens (tertiary/aromatic N) is 3. The number of esters is 1. The Balaban J connectivity index is 2.07. The molecule has 7 nitrogen and oxygen atoms in total. The van der Waals surface area contributed by atoms with Crippen LogP contribution >= 0.6 is 11.8 Å². The smallest absolute Gasteiger partial charge is 0.318 e. The summed E-state index contributed by atoms with van der Waals surface area (Å²) in [5, 5.41) is 4.53. The Bertz CT molecular complexity index is 963. The van der Waals surface area contributed by atoms with Crippen LogP contribution < -0.4 is 5.56 Å². The quantitative estimate of drug-likeness (QED) is 0.443. The van der Waals surface area contributed by atoms with Crippen LogP contribution in [0.4, 0.5) is 0 Å². The normalized spacial score (nSPS) is 12.3. The molecule has 2 aromatic heterocycles. The Kier molecular flexibility index (Phi) is 4.39. The van der Waals surface area contributed by atoms with E-state index in [4.69, 9.17) is 4.74 Å². The fourth-order valence-electron chi connectivity index (χ4n) is 2.28. The van der Waals surface area contributed by atoms with Gasteiger partial charge < -0.3 is 9.72 Å². The molecule has 1 unspecified atom stereocenters. The second-order valence-electron chi connectivity index (χ2n) is 5.29. The van der Waals surface area contributed by atoms with Gasteiger partial charge in [-0.3, -0.25) is 9.59 Å². The van der Waals surface area contributed by atoms with Crippen LogP contribution in [0.25, 0.3) is 16.7 Å². The summed E-state index contributed by atoms with van der Waals surface area (Å²) in [5.41, 5.74) is 2.05. The number of ether oxygens (including phenoxy) is 1. The van der Waals surface area contributed by atoms with Gasteiger partial charge in [-0.25, -0.2) is 9.67 Å². The Hall–Kier alpha value is -2.61. The Morgan fingerprint density at radius 1 is 1.42 bits per heavy atom. The van der Waals surface area contributed by atoms with E-state index in [1.165, 1.54) is 13.3 Å². The number of aryl methyl sites for hydroxylation is 1. The number of thioether (sulfide) groups is 1. The molecule has 0 radical (unpaired) electrons. The molecule has 0 aliphatic carbocycles. The maximum absolute atomic E-state index is 12.3. The van der Waals surface area contributed by atoms with Crippen molar-refractivity contribution in [2.24, 2.45) is 0 Å². The van der Waals surface area contributed by atoms with Crippen molar-refractivity contribution in [3.63, 3.8) is 0 Å². The van der Waals surface area contributed by atoms with Crippen LogP contribution in [0.1, 0.15) is 12.5 Å². The number of carbonyl (C=O) groups is 1. The highest BCUT2D eigenvalue weighted by molar-refractivity contribution is 8.00. The maximum atomic E-state index is 12.3. The molecule has 0 aliphatic rings. The first kappa shape index (κ1) is 16.3. The molecule has 8 heteroatoms. The summed E-state index contributed by atoms with van der Waals surface area (Å²) < 4.78 is 6.31. The minimum absolute atomic E-state index is 0.293. The van der Waals surface area contributed by atoms with E-state index < -0.39 is 5.25 Å². The Morgan fingerprint density at radius 2 is 2.21 bits per heavy atom. The molecular formula is C16H16N4O3S. The Morgan fingerprint density at radius 3 is 2.92 bits per heavy atom. The lowest BCUT2D eigenvalue weighted by atomic mass is 10.2. The minimum Gasteiger partial charge on any atom is -0.468 e. The summed E-state index contributed by atoms with van der Waals surface area (Å²) >= 11 is 1.13. The summed E-state index contributed by atoms with van der Waals surface area (Å²) in [7, 11) is 1.32. The second-order valence-corrected chi connectivity index (χ2v) is 6.62. The number of aromatic nitrogens is 4. The highest BCUT2D eigenvalue weighted by Crippen LogP contribution is 2.22. The summed E-state index contributed by atoms with van der Waals surface area (Å²) in [4.78, 5) is 30.9. The zero-order valence-electron chi connectivity index (χ0n) is 13.4.